The molecular weight excluding hydrogens is 403 g/mol. The van der Waals surface area contributed by atoms with E-state index in [-0.39, 0.29) is 42.8 Å². The number of rotatable bonds is 11. The van der Waals surface area contributed by atoms with Crippen LogP contribution in [0.3, 0.4) is 0 Å². The summed E-state index contributed by atoms with van der Waals surface area (Å²) >= 11 is 0. The summed E-state index contributed by atoms with van der Waals surface area (Å²) in [4.78, 5) is 10.5. The van der Waals surface area contributed by atoms with Gasteiger partial charge in [0.05, 0.1) is 23.0 Å². The van der Waals surface area contributed by atoms with E-state index in [4.69, 9.17) is 9.47 Å². The van der Waals surface area contributed by atoms with Gasteiger partial charge in [0.2, 0.25) is 10.0 Å². The molecule has 0 fully saturated rings. The Hall–Kier alpha value is -2.72. The molecule has 2 aromatic carbocycles. The SMILES string of the molecule is CCN(CC)S(=O)(=O)c1ccc(OCCCOc2ccc(F)cc2)c([N+](=O)[O-])c1. The van der Waals surface area contributed by atoms with Gasteiger partial charge in [-0.1, -0.05) is 13.8 Å². The van der Waals surface area contributed by atoms with Gasteiger partial charge >= 0.3 is 5.69 Å². The van der Waals surface area contributed by atoms with E-state index in [1.54, 1.807) is 13.8 Å². The third-order valence-electron chi connectivity index (χ3n) is 4.10. The van der Waals surface area contributed by atoms with Crippen molar-refractivity contribution in [3.8, 4) is 11.5 Å². The van der Waals surface area contributed by atoms with Gasteiger partial charge in [-0.2, -0.15) is 4.31 Å². The fraction of sp³-hybridized carbons (Fsp3) is 0.368. The first-order valence-electron chi connectivity index (χ1n) is 9.09. The van der Waals surface area contributed by atoms with Gasteiger partial charge in [0, 0.05) is 25.6 Å². The molecule has 0 radical (unpaired) electrons. The number of hydrogen-bond acceptors (Lipinski definition) is 6. The molecule has 0 N–H and O–H groups in total. The molecule has 0 spiro atoms. The summed E-state index contributed by atoms with van der Waals surface area (Å²) in [5.74, 6) is 0.123. The van der Waals surface area contributed by atoms with Gasteiger partial charge in [0.15, 0.2) is 5.75 Å². The van der Waals surface area contributed by atoms with Gasteiger partial charge in [-0.05, 0) is 36.4 Å². The second kappa shape index (κ2) is 10.2. The first-order chi connectivity index (χ1) is 13.8. The molecule has 158 valence electrons. The molecule has 8 nitrogen and oxygen atoms in total. The zero-order valence-corrected chi connectivity index (χ0v) is 17.0. The fourth-order valence-corrected chi connectivity index (χ4v) is 4.08. The number of sulfonamides is 1. The fourth-order valence-electron chi connectivity index (χ4n) is 2.60. The summed E-state index contributed by atoms with van der Waals surface area (Å²) in [7, 11) is -3.81. The molecule has 10 heteroatoms. The van der Waals surface area contributed by atoms with Crippen LogP contribution >= 0.6 is 0 Å². The van der Waals surface area contributed by atoms with Gasteiger partial charge in [-0.3, -0.25) is 10.1 Å². The smallest absolute Gasteiger partial charge is 0.312 e. The minimum Gasteiger partial charge on any atom is -0.493 e. The van der Waals surface area contributed by atoms with Crippen molar-refractivity contribution in [1.29, 1.82) is 0 Å². The highest BCUT2D eigenvalue weighted by Crippen LogP contribution is 2.31. The molecule has 0 atom stereocenters. The number of ether oxygens (including phenoxy) is 2. The molecule has 0 aliphatic rings. The minimum atomic E-state index is -3.81. The topological polar surface area (TPSA) is 99.0 Å². The van der Waals surface area contributed by atoms with E-state index in [9.17, 15) is 22.9 Å². The van der Waals surface area contributed by atoms with E-state index in [1.807, 2.05) is 0 Å². The Morgan fingerprint density at radius 1 is 1.03 bits per heavy atom. The maximum atomic E-state index is 12.8. The molecular formula is C19H23FN2O6S. The minimum absolute atomic E-state index is 0.0183. The average Bonchev–Trinajstić information content (AvgIpc) is 2.69. The van der Waals surface area contributed by atoms with Crippen molar-refractivity contribution in [1.82, 2.24) is 4.31 Å². The van der Waals surface area contributed by atoms with E-state index in [0.29, 0.717) is 12.2 Å². The Labute approximate surface area is 169 Å². The molecule has 0 unspecified atom stereocenters. The van der Waals surface area contributed by atoms with Gasteiger partial charge in [-0.25, -0.2) is 12.8 Å². The van der Waals surface area contributed by atoms with Crippen molar-refractivity contribution in [3.63, 3.8) is 0 Å². The summed E-state index contributed by atoms with van der Waals surface area (Å²) in [6, 6.07) is 9.15. The van der Waals surface area contributed by atoms with Crippen LogP contribution in [0, 0.1) is 15.9 Å². The van der Waals surface area contributed by atoms with E-state index >= 15 is 0 Å². The summed E-state index contributed by atoms with van der Waals surface area (Å²) in [6.07, 6.45) is 0.425. The van der Waals surface area contributed by atoms with Crippen molar-refractivity contribution in [2.45, 2.75) is 25.2 Å². The zero-order chi connectivity index (χ0) is 21.4. The van der Waals surface area contributed by atoms with Gasteiger partial charge < -0.3 is 9.47 Å². The summed E-state index contributed by atoms with van der Waals surface area (Å²) in [6.45, 7) is 4.32. The predicted molar refractivity (Wildman–Crippen MR) is 105 cm³/mol. The molecule has 0 aromatic heterocycles. The van der Waals surface area contributed by atoms with Gasteiger partial charge in [-0.15, -0.1) is 0 Å². The summed E-state index contributed by atoms with van der Waals surface area (Å²) < 4.78 is 50.0. The molecule has 0 saturated heterocycles. The van der Waals surface area contributed by atoms with E-state index in [2.05, 4.69) is 0 Å². The van der Waals surface area contributed by atoms with Crippen LogP contribution in [0.1, 0.15) is 20.3 Å². The molecule has 0 saturated carbocycles. The van der Waals surface area contributed by atoms with Gasteiger partial charge in [0.1, 0.15) is 11.6 Å². The Balaban J connectivity index is 2.01. The van der Waals surface area contributed by atoms with Crippen LogP contribution in [0.25, 0.3) is 0 Å². The molecule has 0 bridgehead atoms. The molecule has 0 aliphatic carbocycles. The van der Waals surface area contributed by atoms with E-state index in [1.165, 1.54) is 40.7 Å². The van der Waals surface area contributed by atoms with Crippen molar-refractivity contribution in [3.05, 3.63) is 58.4 Å². The maximum absolute atomic E-state index is 12.8. The first-order valence-corrected chi connectivity index (χ1v) is 10.5. The number of benzene rings is 2. The number of halogens is 1. The lowest BCUT2D eigenvalue weighted by Gasteiger charge is -2.18. The molecule has 29 heavy (non-hydrogen) atoms. The Morgan fingerprint density at radius 3 is 2.24 bits per heavy atom. The van der Waals surface area contributed by atoms with Crippen LogP contribution in [-0.2, 0) is 10.0 Å². The second-order valence-corrected chi connectivity index (χ2v) is 7.92. The molecule has 0 amide bonds. The lowest BCUT2D eigenvalue weighted by Crippen LogP contribution is -2.30. The lowest BCUT2D eigenvalue weighted by atomic mass is 10.3. The zero-order valence-electron chi connectivity index (χ0n) is 16.2. The van der Waals surface area contributed by atoms with Crippen LogP contribution in [-0.4, -0.2) is 43.9 Å². The van der Waals surface area contributed by atoms with Crippen molar-refractivity contribution < 1.29 is 27.2 Å². The highest BCUT2D eigenvalue weighted by Gasteiger charge is 2.26. The molecule has 0 heterocycles. The van der Waals surface area contributed by atoms with Crippen LogP contribution < -0.4 is 9.47 Å². The van der Waals surface area contributed by atoms with Crippen LogP contribution in [0.15, 0.2) is 47.4 Å². The van der Waals surface area contributed by atoms with E-state index < -0.39 is 20.6 Å². The van der Waals surface area contributed by atoms with Crippen LogP contribution in [0.4, 0.5) is 10.1 Å². The number of hydrogen-bond donors (Lipinski definition) is 0. The Kier molecular flexibility index (Phi) is 7.91. The highest BCUT2D eigenvalue weighted by molar-refractivity contribution is 7.89. The standard InChI is InChI=1S/C19H23FN2O6S/c1-3-21(4-2)29(25,26)17-10-11-19(18(14-17)22(23)24)28-13-5-12-27-16-8-6-15(20)7-9-16/h6-11,14H,3-5,12-13H2,1-2H3. The third-order valence-corrected chi connectivity index (χ3v) is 6.14. The quantitative estimate of drug-likeness (QED) is 0.309. The van der Waals surface area contributed by atoms with Crippen LogP contribution in [0.2, 0.25) is 0 Å². The largest absolute Gasteiger partial charge is 0.493 e. The third kappa shape index (κ3) is 5.88. The Morgan fingerprint density at radius 2 is 1.66 bits per heavy atom. The summed E-state index contributed by atoms with van der Waals surface area (Å²) in [5.41, 5.74) is -0.419. The number of nitrogens with zero attached hydrogens (tertiary/aromatic N) is 2. The second-order valence-electron chi connectivity index (χ2n) is 5.98. The average molecular weight is 426 g/mol. The Bertz CT molecular complexity index is 930. The van der Waals surface area contributed by atoms with Crippen molar-refractivity contribution in [2.75, 3.05) is 26.3 Å². The lowest BCUT2D eigenvalue weighted by molar-refractivity contribution is -0.386. The first kappa shape index (κ1) is 22.6. The molecule has 2 aromatic rings. The highest BCUT2D eigenvalue weighted by atomic mass is 32.2. The molecule has 0 aliphatic heterocycles. The molecule has 2 rings (SSSR count). The predicted octanol–water partition coefficient (Wildman–Crippen LogP) is 3.61. The monoisotopic (exact) mass is 426 g/mol. The normalized spacial score (nSPS) is 11.4. The number of nitro benzene ring substituents is 1. The number of nitro groups is 1. The van der Waals surface area contributed by atoms with Gasteiger partial charge in [0.25, 0.3) is 0 Å². The van der Waals surface area contributed by atoms with E-state index in [0.717, 1.165) is 6.07 Å². The van der Waals surface area contributed by atoms with Crippen molar-refractivity contribution >= 4 is 15.7 Å². The maximum Gasteiger partial charge on any atom is 0.312 e. The summed E-state index contributed by atoms with van der Waals surface area (Å²) in [5, 5.41) is 11.4. The van der Waals surface area contributed by atoms with Crippen molar-refractivity contribution in [2.24, 2.45) is 0 Å². The van der Waals surface area contributed by atoms with Crippen LogP contribution in [0.5, 0.6) is 11.5 Å².